The average molecular weight is 272 g/mol. The van der Waals surface area contributed by atoms with Crippen molar-refractivity contribution in [3.63, 3.8) is 0 Å². The van der Waals surface area contributed by atoms with E-state index in [2.05, 4.69) is 48.7 Å². The number of thioether (sulfide) groups is 1. The first-order valence-corrected chi connectivity index (χ1v) is 7.92. The van der Waals surface area contributed by atoms with E-state index in [-0.39, 0.29) is 0 Å². The van der Waals surface area contributed by atoms with Crippen LogP contribution in [0.5, 0.6) is 5.75 Å². The lowest BCUT2D eigenvalue weighted by Gasteiger charge is -2.18. The van der Waals surface area contributed by atoms with Crippen molar-refractivity contribution in [3.05, 3.63) is 65.7 Å². The zero-order valence-electron chi connectivity index (χ0n) is 11.5. The van der Waals surface area contributed by atoms with Crippen molar-refractivity contribution in [2.45, 2.75) is 12.3 Å². The van der Waals surface area contributed by atoms with Crippen molar-refractivity contribution < 1.29 is 4.74 Å². The Labute approximate surface area is 120 Å². The average Bonchev–Trinajstić information content (AvgIpc) is 2.49. The second-order valence-electron chi connectivity index (χ2n) is 4.52. The molecule has 2 heteroatoms. The highest BCUT2D eigenvalue weighted by Crippen LogP contribution is 2.30. The van der Waals surface area contributed by atoms with E-state index < -0.39 is 0 Å². The maximum Gasteiger partial charge on any atom is 0.118 e. The Bertz CT molecular complexity index is 478. The molecule has 0 saturated heterocycles. The van der Waals surface area contributed by atoms with Crippen LogP contribution in [0.2, 0.25) is 0 Å². The molecule has 2 aromatic carbocycles. The van der Waals surface area contributed by atoms with Crippen molar-refractivity contribution >= 4 is 11.8 Å². The van der Waals surface area contributed by atoms with Crippen molar-refractivity contribution in [3.8, 4) is 5.75 Å². The predicted molar refractivity (Wildman–Crippen MR) is 84.3 cm³/mol. The Kier molecular flexibility index (Phi) is 5.34. The fourth-order valence-electron chi connectivity index (χ4n) is 2.28. The highest BCUT2D eigenvalue weighted by Gasteiger charge is 2.13. The normalized spacial score (nSPS) is 12.1. The largest absolute Gasteiger partial charge is 0.497 e. The number of ether oxygens (including phenoxy) is 1. The van der Waals surface area contributed by atoms with Crippen LogP contribution in [0, 0.1) is 0 Å². The fourth-order valence-corrected chi connectivity index (χ4v) is 2.75. The Balaban J connectivity index is 2.26. The molecule has 1 nitrogen and oxygen atoms in total. The van der Waals surface area contributed by atoms with E-state index in [4.69, 9.17) is 4.74 Å². The van der Waals surface area contributed by atoms with Gasteiger partial charge in [0.1, 0.15) is 5.75 Å². The van der Waals surface area contributed by atoms with Crippen LogP contribution >= 0.6 is 11.8 Å². The van der Waals surface area contributed by atoms with Crippen molar-refractivity contribution in [1.82, 2.24) is 0 Å². The standard InChI is InChI=1S/C17H20OS/c1-18-16-10-8-15(9-11-16)17(12-13-19-2)14-6-4-3-5-7-14/h3-11,17H,12-13H2,1-2H3. The monoisotopic (exact) mass is 272 g/mol. The van der Waals surface area contributed by atoms with Crippen molar-refractivity contribution in [1.29, 1.82) is 0 Å². The third kappa shape index (κ3) is 3.77. The van der Waals surface area contributed by atoms with Gasteiger partial charge in [-0.3, -0.25) is 0 Å². The Hall–Kier alpha value is -1.41. The van der Waals surface area contributed by atoms with E-state index in [1.807, 2.05) is 23.9 Å². The van der Waals surface area contributed by atoms with E-state index in [1.165, 1.54) is 16.9 Å². The van der Waals surface area contributed by atoms with Crippen LogP contribution < -0.4 is 4.74 Å². The molecule has 100 valence electrons. The summed E-state index contributed by atoms with van der Waals surface area (Å²) in [5.74, 6) is 2.56. The number of hydrogen-bond acceptors (Lipinski definition) is 2. The molecule has 2 aromatic rings. The fraction of sp³-hybridized carbons (Fsp3) is 0.294. The highest BCUT2D eigenvalue weighted by molar-refractivity contribution is 7.98. The number of rotatable bonds is 6. The highest BCUT2D eigenvalue weighted by atomic mass is 32.2. The Morgan fingerprint density at radius 3 is 2.16 bits per heavy atom. The van der Waals surface area contributed by atoms with Crippen LogP contribution in [0.25, 0.3) is 0 Å². The molecule has 0 bridgehead atoms. The molecule has 0 spiro atoms. The summed E-state index contributed by atoms with van der Waals surface area (Å²) >= 11 is 1.90. The van der Waals surface area contributed by atoms with Crippen LogP contribution in [-0.2, 0) is 0 Å². The van der Waals surface area contributed by atoms with Gasteiger partial charge in [0, 0.05) is 5.92 Å². The van der Waals surface area contributed by atoms with Crippen molar-refractivity contribution in [2.75, 3.05) is 19.1 Å². The Morgan fingerprint density at radius 1 is 0.947 bits per heavy atom. The van der Waals surface area contributed by atoms with Crippen LogP contribution in [-0.4, -0.2) is 19.1 Å². The van der Waals surface area contributed by atoms with Crippen molar-refractivity contribution in [2.24, 2.45) is 0 Å². The summed E-state index contributed by atoms with van der Waals surface area (Å²) in [5.41, 5.74) is 2.75. The van der Waals surface area contributed by atoms with Gasteiger partial charge in [-0.1, -0.05) is 42.5 Å². The van der Waals surface area contributed by atoms with Crippen LogP contribution in [0.3, 0.4) is 0 Å². The lowest BCUT2D eigenvalue weighted by molar-refractivity contribution is 0.414. The summed E-state index contributed by atoms with van der Waals surface area (Å²) in [6, 6.07) is 19.2. The summed E-state index contributed by atoms with van der Waals surface area (Å²) in [5, 5.41) is 0. The first-order valence-electron chi connectivity index (χ1n) is 6.53. The van der Waals surface area contributed by atoms with Gasteiger partial charge in [-0.05, 0) is 41.7 Å². The maximum absolute atomic E-state index is 5.23. The molecule has 0 amide bonds. The minimum Gasteiger partial charge on any atom is -0.497 e. The molecule has 1 unspecified atom stereocenters. The molecular formula is C17H20OS. The van der Waals surface area contributed by atoms with Gasteiger partial charge in [-0.25, -0.2) is 0 Å². The van der Waals surface area contributed by atoms with E-state index in [0.717, 1.165) is 12.2 Å². The second kappa shape index (κ2) is 7.25. The molecule has 0 aromatic heterocycles. The summed E-state index contributed by atoms with van der Waals surface area (Å²) in [6.45, 7) is 0. The molecular weight excluding hydrogens is 252 g/mol. The molecule has 0 fully saturated rings. The quantitative estimate of drug-likeness (QED) is 0.761. The third-order valence-corrected chi connectivity index (χ3v) is 3.97. The first-order chi connectivity index (χ1) is 9.35. The number of methoxy groups -OCH3 is 1. The lowest BCUT2D eigenvalue weighted by Crippen LogP contribution is -2.02. The van der Waals surface area contributed by atoms with Crippen LogP contribution in [0.15, 0.2) is 54.6 Å². The van der Waals surface area contributed by atoms with Gasteiger partial charge in [-0.15, -0.1) is 0 Å². The van der Waals surface area contributed by atoms with Gasteiger partial charge in [0.25, 0.3) is 0 Å². The van der Waals surface area contributed by atoms with E-state index in [1.54, 1.807) is 7.11 Å². The summed E-state index contributed by atoms with van der Waals surface area (Å²) in [7, 11) is 1.71. The minimum atomic E-state index is 0.472. The molecule has 0 aliphatic rings. The molecule has 19 heavy (non-hydrogen) atoms. The molecule has 0 N–H and O–H groups in total. The summed E-state index contributed by atoms with van der Waals surface area (Å²) in [4.78, 5) is 0. The first kappa shape index (κ1) is 14.0. The van der Waals surface area contributed by atoms with Gasteiger partial charge in [0.05, 0.1) is 7.11 Å². The van der Waals surface area contributed by atoms with Crippen LogP contribution in [0.1, 0.15) is 23.5 Å². The van der Waals surface area contributed by atoms with Gasteiger partial charge < -0.3 is 4.74 Å². The van der Waals surface area contributed by atoms with Gasteiger partial charge >= 0.3 is 0 Å². The van der Waals surface area contributed by atoms with Gasteiger partial charge in [0.2, 0.25) is 0 Å². The second-order valence-corrected chi connectivity index (χ2v) is 5.50. The van der Waals surface area contributed by atoms with E-state index in [0.29, 0.717) is 5.92 Å². The van der Waals surface area contributed by atoms with E-state index in [9.17, 15) is 0 Å². The molecule has 0 radical (unpaired) electrons. The van der Waals surface area contributed by atoms with Crippen LogP contribution in [0.4, 0.5) is 0 Å². The molecule has 0 saturated carbocycles. The van der Waals surface area contributed by atoms with Gasteiger partial charge in [-0.2, -0.15) is 11.8 Å². The SMILES string of the molecule is COc1ccc(C(CCSC)c2ccccc2)cc1. The molecule has 1 atom stereocenters. The Morgan fingerprint density at radius 2 is 1.58 bits per heavy atom. The smallest absolute Gasteiger partial charge is 0.118 e. The summed E-state index contributed by atoms with van der Waals surface area (Å²) in [6.07, 6.45) is 3.33. The number of hydrogen-bond donors (Lipinski definition) is 0. The molecule has 2 rings (SSSR count). The third-order valence-electron chi connectivity index (χ3n) is 3.33. The minimum absolute atomic E-state index is 0.472. The molecule has 0 heterocycles. The van der Waals surface area contributed by atoms with E-state index >= 15 is 0 Å². The number of benzene rings is 2. The maximum atomic E-state index is 5.23. The lowest BCUT2D eigenvalue weighted by atomic mass is 9.89. The topological polar surface area (TPSA) is 9.23 Å². The zero-order chi connectivity index (χ0) is 13.5. The van der Waals surface area contributed by atoms with Gasteiger partial charge in [0.15, 0.2) is 0 Å². The summed E-state index contributed by atoms with van der Waals surface area (Å²) < 4.78 is 5.23. The predicted octanol–water partition coefficient (Wildman–Crippen LogP) is 4.58. The zero-order valence-corrected chi connectivity index (χ0v) is 12.3. The molecule has 0 aliphatic carbocycles. The molecule has 0 aliphatic heterocycles.